The van der Waals surface area contributed by atoms with Crippen molar-refractivity contribution in [1.29, 1.82) is 0 Å². The average Bonchev–Trinajstić information content (AvgIpc) is 3.38. The molecule has 0 radical (unpaired) electrons. The van der Waals surface area contributed by atoms with Crippen LogP contribution in [0, 0.1) is 0 Å². The summed E-state index contributed by atoms with van der Waals surface area (Å²) in [4.78, 5) is 13.2. The Morgan fingerprint density at radius 3 is 1.95 bits per heavy atom. The minimum Gasteiger partial charge on any atom is -0.391 e. The molecule has 7 heteroatoms. The van der Waals surface area contributed by atoms with Gasteiger partial charge >= 0.3 is 0 Å². The summed E-state index contributed by atoms with van der Waals surface area (Å²) in [5.41, 5.74) is 3.63. The lowest BCUT2D eigenvalue weighted by molar-refractivity contribution is -0.0409. The van der Waals surface area contributed by atoms with Crippen molar-refractivity contribution in [3.05, 3.63) is 120 Å². The van der Waals surface area contributed by atoms with Crippen LogP contribution in [0.15, 0.2) is 104 Å². The van der Waals surface area contributed by atoms with E-state index in [1.165, 1.54) is 6.33 Å². The normalized spacial score (nSPS) is 12.5. The first-order chi connectivity index (χ1) is 18.2. The molecule has 0 spiro atoms. The fraction of sp³-hybridized carbons (Fsp3) is 0.233. The highest BCUT2D eigenvalue weighted by Crippen LogP contribution is 2.40. The van der Waals surface area contributed by atoms with Crippen molar-refractivity contribution in [2.45, 2.75) is 31.6 Å². The largest absolute Gasteiger partial charge is 0.391 e. The summed E-state index contributed by atoms with van der Waals surface area (Å²) < 4.78 is 8.69. The number of hydrogen-bond donors (Lipinski definition) is 2. The number of benzene rings is 3. The number of aryl methyl sites for hydroxylation is 1. The van der Waals surface area contributed by atoms with E-state index in [2.05, 4.69) is 56.7 Å². The van der Waals surface area contributed by atoms with Crippen LogP contribution in [0.4, 0.5) is 5.82 Å². The lowest BCUT2D eigenvalue weighted by Crippen LogP contribution is -2.36. The molecule has 3 aromatic carbocycles. The molecule has 0 fully saturated rings. The Kier molecular flexibility index (Phi) is 7.54. The SMILES string of the molecule is CCNc1ncnc2c1ncn2CCC(O)COC(c1ccccc1)(c1ccccc1)c1ccccc1. The molecule has 2 heterocycles. The van der Waals surface area contributed by atoms with E-state index in [-0.39, 0.29) is 6.61 Å². The van der Waals surface area contributed by atoms with E-state index in [9.17, 15) is 5.11 Å². The van der Waals surface area contributed by atoms with Crippen LogP contribution in [0.1, 0.15) is 30.0 Å². The Labute approximate surface area is 216 Å². The summed E-state index contributed by atoms with van der Waals surface area (Å²) in [5, 5.41) is 14.3. The van der Waals surface area contributed by atoms with E-state index >= 15 is 0 Å². The van der Waals surface area contributed by atoms with Crippen molar-refractivity contribution >= 4 is 17.0 Å². The van der Waals surface area contributed by atoms with Crippen LogP contribution in [-0.4, -0.2) is 43.9 Å². The van der Waals surface area contributed by atoms with Crippen molar-refractivity contribution in [2.75, 3.05) is 18.5 Å². The van der Waals surface area contributed by atoms with E-state index < -0.39 is 11.7 Å². The van der Waals surface area contributed by atoms with Crippen molar-refractivity contribution < 1.29 is 9.84 Å². The Hall–Kier alpha value is -4.07. The number of anilines is 1. The van der Waals surface area contributed by atoms with E-state index in [1.807, 2.05) is 66.1 Å². The predicted octanol–water partition coefficient (Wildman–Crippen LogP) is 5.02. The average molecular weight is 494 g/mol. The molecule has 7 nitrogen and oxygen atoms in total. The molecule has 0 bridgehead atoms. The van der Waals surface area contributed by atoms with E-state index in [0.717, 1.165) is 34.4 Å². The van der Waals surface area contributed by atoms with Gasteiger partial charge in [0.1, 0.15) is 17.4 Å². The molecule has 2 N–H and O–H groups in total. The molecular weight excluding hydrogens is 462 g/mol. The summed E-state index contributed by atoms with van der Waals surface area (Å²) in [7, 11) is 0. The molecule has 2 aromatic heterocycles. The van der Waals surface area contributed by atoms with Crippen molar-refractivity contribution in [3.8, 4) is 0 Å². The minimum absolute atomic E-state index is 0.156. The summed E-state index contributed by atoms with van der Waals surface area (Å²) in [5.74, 6) is 0.716. The highest BCUT2D eigenvalue weighted by Gasteiger charge is 2.38. The van der Waals surface area contributed by atoms with Crippen LogP contribution in [0.2, 0.25) is 0 Å². The molecule has 1 atom stereocenters. The second-order valence-electron chi connectivity index (χ2n) is 8.90. The topological polar surface area (TPSA) is 85.1 Å². The van der Waals surface area contributed by atoms with Crippen molar-refractivity contribution in [3.63, 3.8) is 0 Å². The van der Waals surface area contributed by atoms with Crippen LogP contribution < -0.4 is 5.32 Å². The van der Waals surface area contributed by atoms with Gasteiger partial charge in [0.15, 0.2) is 11.5 Å². The van der Waals surface area contributed by atoms with Gasteiger partial charge in [0.05, 0.1) is 19.0 Å². The van der Waals surface area contributed by atoms with Crippen LogP contribution in [0.3, 0.4) is 0 Å². The highest BCUT2D eigenvalue weighted by atomic mass is 16.5. The molecule has 0 saturated carbocycles. The summed E-state index contributed by atoms with van der Waals surface area (Å²) in [6, 6.07) is 30.6. The van der Waals surface area contributed by atoms with Gasteiger partial charge in [0.25, 0.3) is 0 Å². The summed E-state index contributed by atoms with van der Waals surface area (Å²) >= 11 is 0. The molecular formula is C30H31N5O2. The number of fused-ring (bicyclic) bond motifs is 1. The van der Waals surface area contributed by atoms with Crippen LogP contribution in [0.5, 0.6) is 0 Å². The smallest absolute Gasteiger partial charge is 0.165 e. The Bertz CT molecular complexity index is 1310. The first-order valence-corrected chi connectivity index (χ1v) is 12.6. The van der Waals surface area contributed by atoms with Gasteiger partial charge in [0.2, 0.25) is 0 Å². The number of aromatic nitrogens is 4. The maximum Gasteiger partial charge on any atom is 0.165 e. The third-order valence-corrected chi connectivity index (χ3v) is 6.48. The number of imidazole rings is 1. The zero-order valence-electron chi connectivity index (χ0n) is 20.9. The molecule has 5 aromatic rings. The molecule has 0 amide bonds. The van der Waals surface area contributed by atoms with Gasteiger partial charge in [-0.05, 0) is 30.0 Å². The fourth-order valence-corrected chi connectivity index (χ4v) is 4.70. The Morgan fingerprint density at radius 1 is 0.838 bits per heavy atom. The second kappa shape index (κ2) is 11.3. The van der Waals surface area contributed by atoms with E-state index in [1.54, 1.807) is 6.33 Å². The lowest BCUT2D eigenvalue weighted by atomic mass is 9.80. The number of rotatable bonds is 11. The lowest BCUT2D eigenvalue weighted by Gasteiger charge is -2.36. The van der Waals surface area contributed by atoms with Crippen molar-refractivity contribution in [1.82, 2.24) is 19.5 Å². The summed E-state index contributed by atoms with van der Waals surface area (Å²) in [6.07, 6.45) is 3.07. The molecule has 0 saturated heterocycles. The number of hydrogen-bond acceptors (Lipinski definition) is 6. The van der Waals surface area contributed by atoms with Crippen LogP contribution in [0.25, 0.3) is 11.2 Å². The first-order valence-electron chi connectivity index (χ1n) is 12.6. The van der Waals surface area contributed by atoms with Gasteiger partial charge in [-0.3, -0.25) is 0 Å². The first kappa shape index (κ1) is 24.6. The van der Waals surface area contributed by atoms with E-state index in [4.69, 9.17) is 4.74 Å². The molecule has 37 heavy (non-hydrogen) atoms. The number of aliphatic hydroxyl groups excluding tert-OH is 1. The van der Waals surface area contributed by atoms with Crippen LogP contribution in [-0.2, 0) is 16.9 Å². The molecule has 0 aliphatic carbocycles. The fourth-order valence-electron chi connectivity index (χ4n) is 4.70. The van der Waals surface area contributed by atoms with Gasteiger partial charge in [-0.25, -0.2) is 15.0 Å². The van der Waals surface area contributed by atoms with Gasteiger partial charge < -0.3 is 19.7 Å². The summed E-state index contributed by atoms with van der Waals surface area (Å²) in [6.45, 7) is 3.48. The standard InChI is InChI=1S/C30H31N5O2/c1-2-31-28-27-29(33-21-32-28)35(22-34-27)19-18-26(36)20-37-30(23-12-6-3-7-13-23,24-14-8-4-9-15-24)25-16-10-5-11-17-25/h3-17,21-22,26,36H,2,18-20H2,1H3,(H,31,32,33). The van der Waals surface area contributed by atoms with Gasteiger partial charge in [-0.15, -0.1) is 0 Å². The molecule has 0 aliphatic heterocycles. The monoisotopic (exact) mass is 493 g/mol. The molecule has 0 aliphatic rings. The molecule has 188 valence electrons. The van der Waals surface area contributed by atoms with Crippen LogP contribution >= 0.6 is 0 Å². The number of aliphatic hydroxyl groups is 1. The predicted molar refractivity (Wildman–Crippen MR) is 145 cm³/mol. The second-order valence-corrected chi connectivity index (χ2v) is 8.90. The number of nitrogens with zero attached hydrogens (tertiary/aromatic N) is 4. The van der Waals surface area contributed by atoms with Crippen molar-refractivity contribution in [2.24, 2.45) is 0 Å². The zero-order chi connectivity index (χ0) is 25.5. The zero-order valence-corrected chi connectivity index (χ0v) is 20.9. The third kappa shape index (κ3) is 5.09. The maximum atomic E-state index is 11.1. The minimum atomic E-state index is -0.861. The Morgan fingerprint density at radius 2 is 1.41 bits per heavy atom. The van der Waals surface area contributed by atoms with Gasteiger partial charge in [-0.2, -0.15) is 0 Å². The highest BCUT2D eigenvalue weighted by molar-refractivity contribution is 5.82. The van der Waals surface area contributed by atoms with E-state index in [0.29, 0.717) is 18.8 Å². The molecule has 1 unspecified atom stereocenters. The number of ether oxygens (including phenoxy) is 1. The molecule has 5 rings (SSSR count). The van der Waals surface area contributed by atoms with Gasteiger partial charge in [-0.1, -0.05) is 91.0 Å². The maximum absolute atomic E-state index is 11.1. The third-order valence-electron chi connectivity index (χ3n) is 6.48. The number of nitrogens with one attached hydrogen (secondary N) is 1. The quantitative estimate of drug-likeness (QED) is 0.252. The Balaban J connectivity index is 1.40. The van der Waals surface area contributed by atoms with Gasteiger partial charge in [0, 0.05) is 13.1 Å².